The highest BCUT2D eigenvalue weighted by molar-refractivity contribution is 5.78. The minimum absolute atomic E-state index is 0.0985. The van der Waals surface area contributed by atoms with Gasteiger partial charge in [-0.25, -0.2) is 4.79 Å². The number of methoxy groups -OCH3 is 1. The molecule has 2 aromatic carbocycles. The van der Waals surface area contributed by atoms with Crippen LogP contribution in [0.3, 0.4) is 0 Å². The topological polar surface area (TPSA) is 57.2 Å². The van der Waals surface area contributed by atoms with Gasteiger partial charge in [-0.15, -0.1) is 0 Å². The zero-order valence-corrected chi connectivity index (χ0v) is 17.6. The van der Waals surface area contributed by atoms with Crippen LogP contribution in [-0.4, -0.2) is 37.4 Å². The molecule has 2 heterocycles. The van der Waals surface area contributed by atoms with Crippen LogP contribution in [0.25, 0.3) is 0 Å². The molecule has 0 saturated carbocycles. The van der Waals surface area contributed by atoms with Crippen molar-refractivity contribution in [1.29, 1.82) is 0 Å². The minimum Gasteiger partial charge on any atom is -0.497 e. The number of allylic oxidation sites excluding steroid dienone is 3. The van der Waals surface area contributed by atoms with E-state index in [2.05, 4.69) is 35.3 Å². The van der Waals surface area contributed by atoms with Crippen molar-refractivity contribution in [1.82, 2.24) is 4.90 Å². The Morgan fingerprint density at radius 1 is 1.10 bits per heavy atom. The zero-order valence-electron chi connectivity index (χ0n) is 17.6. The van der Waals surface area contributed by atoms with Gasteiger partial charge in [0.2, 0.25) is 6.79 Å². The van der Waals surface area contributed by atoms with Crippen LogP contribution >= 0.6 is 0 Å². The van der Waals surface area contributed by atoms with Crippen molar-refractivity contribution in [2.45, 2.75) is 25.4 Å². The second-order valence-electron chi connectivity index (χ2n) is 8.01. The number of hydrogen-bond donors (Lipinski definition) is 0. The summed E-state index contributed by atoms with van der Waals surface area (Å²) in [6, 6.07) is 13.0. The molecule has 5 rings (SSSR count). The molecule has 0 aromatic heterocycles. The van der Waals surface area contributed by atoms with Gasteiger partial charge < -0.3 is 18.9 Å². The molecule has 0 N–H and O–H groups in total. The standard InChI is InChI=1S/C25H25NO5/c1-16(25(27)31-20-11-12-22-23(13-20)30-15-29-22)26-14-18-5-3-4-6-21(18)24(26)17-7-9-19(28-2)10-8-17/h3-5,7-13,16,21,24H,6,14-15H2,1-2H3. The summed E-state index contributed by atoms with van der Waals surface area (Å²) in [6.45, 7) is 2.84. The van der Waals surface area contributed by atoms with Crippen LogP contribution in [-0.2, 0) is 4.79 Å². The number of rotatable bonds is 5. The lowest BCUT2D eigenvalue weighted by Gasteiger charge is -2.32. The Morgan fingerprint density at radius 2 is 1.87 bits per heavy atom. The van der Waals surface area contributed by atoms with Gasteiger partial charge in [-0.05, 0) is 43.2 Å². The number of likely N-dealkylation sites (tertiary alicyclic amines) is 1. The lowest BCUT2D eigenvalue weighted by molar-refractivity contribution is -0.140. The first-order valence-corrected chi connectivity index (χ1v) is 10.5. The van der Waals surface area contributed by atoms with E-state index in [1.807, 2.05) is 19.1 Å². The molecule has 160 valence electrons. The van der Waals surface area contributed by atoms with Crippen LogP contribution in [0.15, 0.2) is 66.3 Å². The Hall–Kier alpha value is -3.25. The molecular formula is C25H25NO5. The first kappa shape index (κ1) is 19.7. The average molecular weight is 419 g/mol. The largest absolute Gasteiger partial charge is 0.497 e. The monoisotopic (exact) mass is 419 g/mol. The van der Waals surface area contributed by atoms with E-state index in [9.17, 15) is 4.79 Å². The van der Waals surface area contributed by atoms with Gasteiger partial charge in [-0.1, -0.05) is 35.9 Å². The summed E-state index contributed by atoms with van der Waals surface area (Å²) in [6.07, 6.45) is 7.45. The number of nitrogens with zero attached hydrogens (tertiary/aromatic N) is 1. The van der Waals surface area contributed by atoms with E-state index >= 15 is 0 Å². The van der Waals surface area contributed by atoms with Crippen LogP contribution in [0.4, 0.5) is 0 Å². The third-order valence-electron chi connectivity index (χ3n) is 6.27. The second-order valence-corrected chi connectivity index (χ2v) is 8.01. The lowest BCUT2D eigenvalue weighted by atomic mass is 9.85. The van der Waals surface area contributed by atoms with Gasteiger partial charge in [0.1, 0.15) is 17.5 Å². The molecule has 1 fully saturated rings. The van der Waals surface area contributed by atoms with E-state index in [-0.39, 0.29) is 18.8 Å². The molecule has 6 nitrogen and oxygen atoms in total. The maximum atomic E-state index is 13.1. The fourth-order valence-electron chi connectivity index (χ4n) is 4.61. The van der Waals surface area contributed by atoms with Crippen LogP contribution in [0.2, 0.25) is 0 Å². The third kappa shape index (κ3) is 3.68. The minimum atomic E-state index is -0.413. The summed E-state index contributed by atoms with van der Waals surface area (Å²) in [5.41, 5.74) is 2.53. The molecule has 31 heavy (non-hydrogen) atoms. The smallest absolute Gasteiger partial charge is 0.328 e. The zero-order chi connectivity index (χ0) is 21.4. The second kappa shape index (κ2) is 8.12. The summed E-state index contributed by atoms with van der Waals surface area (Å²) in [5.74, 6) is 2.60. The van der Waals surface area contributed by atoms with E-state index in [1.54, 1.807) is 25.3 Å². The summed E-state index contributed by atoms with van der Waals surface area (Å²) >= 11 is 0. The number of fused-ring (bicyclic) bond motifs is 2. The summed E-state index contributed by atoms with van der Waals surface area (Å²) in [5, 5.41) is 0. The normalized spacial score (nSPS) is 22.6. The van der Waals surface area contributed by atoms with Crippen molar-refractivity contribution in [3.8, 4) is 23.0 Å². The van der Waals surface area contributed by atoms with Crippen LogP contribution in [0, 0.1) is 5.92 Å². The van der Waals surface area contributed by atoms with Gasteiger partial charge in [-0.3, -0.25) is 4.90 Å². The molecule has 0 amide bonds. The molecule has 1 aliphatic carbocycles. The quantitative estimate of drug-likeness (QED) is 0.533. The maximum Gasteiger partial charge on any atom is 0.328 e. The molecule has 0 spiro atoms. The molecule has 6 heteroatoms. The number of carbonyl (C=O) groups is 1. The number of carbonyl (C=O) groups excluding carboxylic acids is 1. The van der Waals surface area contributed by atoms with Crippen molar-refractivity contribution in [2.75, 3.05) is 20.4 Å². The SMILES string of the molecule is COc1ccc(C2C3CC=CC=C3CN2C(C)C(=O)Oc2ccc3c(c2)OCO3)cc1. The molecule has 2 aliphatic heterocycles. The van der Waals surface area contributed by atoms with Crippen molar-refractivity contribution >= 4 is 5.97 Å². The molecular weight excluding hydrogens is 394 g/mol. The van der Waals surface area contributed by atoms with Gasteiger partial charge in [-0.2, -0.15) is 0 Å². The Labute approximate surface area is 181 Å². The van der Waals surface area contributed by atoms with E-state index < -0.39 is 6.04 Å². The highest BCUT2D eigenvalue weighted by Gasteiger charge is 2.43. The van der Waals surface area contributed by atoms with E-state index in [0.717, 1.165) is 18.7 Å². The predicted molar refractivity (Wildman–Crippen MR) is 115 cm³/mol. The molecule has 1 saturated heterocycles. The molecule has 0 bridgehead atoms. The van der Waals surface area contributed by atoms with Crippen molar-refractivity contribution in [3.63, 3.8) is 0 Å². The molecule has 3 aliphatic rings. The first-order valence-electron chi connectivity index (χ1n) is 10.5. The Balaban J connectivity index is 1.38. The fraction of sp³-hybridized carbons (Fsp3) is 0.320. The maximum absolute atomic E-state index is 13.1. The number of ether oxygens (including phenoxy) is 4. The lowest BCUT2D eigenvalue weighted by Crippen LogP contribution is -2.41. The molecule has 3 unspecified atom stereocenters. The third-order valence-corrected chi connectivity index (χ3v) is 6.27. The highest BCUT2D eigenvalue weighted by Crippen LogP contribution is 2.45. The Bertz CT molecular complexity index is 1040. The van der Waals surface area contributed by atoms with Crippen molar-refractivity contribution in [2.24, 2.45) is 5.92 Å². The Kier molecular flexibility index (Phi) is 5.16. The van der Waals surface area contributed by atoms with Crippen LogP contribution < -0.4 is 18.9 Å². The summed E-state index contributed by atoms with van der Waals surface area (Å²) < 4.78 is 21.8. The highest BCUT2D eigenvalue weighted by atomic mass is 16.7. The molecule has 2 aromatic rings. The fourth-order valence-corrected chi connectivity index (χ4v) is 4.61. The average Bonchev–Trinajstić information content (AvgIpc) is 3.42. The van der Waals surface area contributed by atoms with Gasteiger partial charge >= 0.3 is 5.97 Å². The van der Waals surface area contributed by atoms with E-state index in [0.29, 0.717) is 23.2 Å². The van der Waals surface area contributed by atoms with Gasteiger partial charge in [0.05, 0.1) is 7.11 Å². The van der Waals surface area contributed by atoms with Gasteiger partial charge in [0.15, 0.2) is 11.5 Å². The summed E-state index contributed by atoms with van der Waals surface area (Å²) in [4.78, 5) is 15.3. The van der Waals surface area contributed by atoms with E-state index in [4.69, 9.17) is 18.9 Å². The summed E-state index contributed by atoms with van der Waals surface area (Å²) in [7, 11) is 1.66. The van der Waals surface area contributed by atoms with Gasteiger partial charge in [0, 0.05) is 24.6 Å². The molecule has 3 atom stereocenters. The number of hydrogen-bond acceptors (Lipinski definition) is 6. The van der Waals surface area contributed by atoms with E-state index in [1.165, 1.54) is 11.1 Å². The van der Waals surface area contributed by atoms with Crippen LogP contribution in [0.1, 0.15) is 24.9 Å². The molecule has 0 radical (unpaired) electrons. The Morgan fingerprint density at radius 3 is 2.68 bits per heavy atom. The number of benzene rings is 2. The predicted octanol–water partition coefficient (Wildman–Crippen LogP) is 4.28. The first-order chi connectivity index (χ1) is 15.1. The van der Waals surface area contributed by atoms with Gasteiger partial charge in [0.25, 0.3) is 0 Å². The number of esters is 1. The van der Waals surface area contributed by atoms with Crippen LogP contribution in [0.5, 0.6) is 23.0 Å². The van der Waals surface area contributed by atoms with Crippen molar-refractivity contribution < 1.29 is 23.7 Å². The van der Waals surface area contributed by atoms with Crippen molar-refractivity contribution in [3.05, 3.63) is 71.8 Å².